The summed E-state index contributed by atoms with van der Waals surface area (Å²) in [6.07, 6.45) is 3.67. The Balaban J connectivity index is 1.57. The van der Waals surface area contributed by atoms with Crippen molar-refractivity contribution >= 4 is 16.9 Å². The summed E-state index contributed by atoms with van der Waals surface area (Å²) in [6, 6.07) is 12.1. The lowest BCUT2D eigenvalue weighted by molar-refractivity contribution is 0.0781. The van der Waals surface area contributed by atoms with Gasteiger partial charge in [0.2, 0.25) is 0 Å². The van der Waals surface area contributed by atoms with E-state index < -0.39 is 0 Å². The van der Waals surface area contributed by atoms with Gasteiger partial charge in [0.1, 0.15) is 11.5 Å². The van der Waals surface area contributed by atoms with Crippen LogP contribution < -0.4 is 0 Å². The van der Waals surface area contributed by atoms with E-state index in [9.17, 15) is 4.79 Å². The summed E-state index contributed by atoms with van der Waals surface area (Å²) in [6.45, 7) is 4.87. The highest BCUT2D eigenvalue weighted by Gasteiger charge is 2.16. The number of carbonyl (C=O) groups is 1. The maximum atomic E-state index is 12.6. The quantitative estimate of drug-likeness (QED) is 0.752. The second kappa shape index (κ2) is 6.91. The summed E-state index contributed by atoms with van der Waals surface area (Å²) < 4.78 is 2.01. The number of para-hydroxylation sites is 2. The van der Waals surface area contributed by atoms with Crippen molar-refractivity contribution in [2.75, 3.05) is 13.6 Å². The molecule has 0 unspecified atom stereocenters. The molecular weight excluding hydrogens is 300 g/mol. The standard InChI is InChI=1S/C19H24N4O/c1-14(2)23-13-6-10-17(23)19(24)22(3)12-7-11-18-20-15-8-4-5-9-16(15)21-18/h4-6,8-10,13-14H,7,11-12H2,1-3H3,(H,20,21). The van der Waals surface area contributed by atoms with Gasteiger partial charge in [0, 0.05) is 32.3 Å². The number of hydrogen-bond donors (Lipinski definition) is 1. The third kappa shape index (κ3) is 3.35. The molecule has 0 fully saturated rings. The van der Waals surface area contributed by atoms with Gasteiger partial charge in [0.25, 0.3) is 5.91 Å². The summed E-state index contributed by atoms with van der Waals surface area (Å²) in [5.74, 6) is 1.04. The molecule has 0 aliphatic carbocycles. The molecule has 126 valence electrons. The molecule has 1 N–H and O–H groups in total. The number of nitrogens with one attached hydrogen (secondary N) is 1. The number of hydrogen-bond acceptors (Lipinski definition) is 2. The molecule has 0 aliphatic heterocycles. The number of rotatable bonds is 6. The van der Waals surface area contributed by atoms with Crippen molar-refractivity contribution in [2.24, 2.45) is 0 Å². The first-order chi connectivity index (χ1) is 11.6. The van der Waals surface area contributed by atoms with Gasteiger partial charge >= 0.3 is 0 Å². The number of fused-ring (bicyclic) bond motifs is 1. The van der Waals surface area contributed by atoms with Gasteiger partial charge < -0.3 is 14.5 Å². The minimum absolute atomic E-state index is 0.0679. The van der Waals surface area contributed by atoms with E-state index in [0.29, 0.717) is 6.54 Å². The molecule has 1 amide bonds. The average molecular weight is 324 g/mol. The lowest BCUT2D eigenvalue weighted by Crippen LogP contribution is -2.30. The van der Waals surface area contributed by atoms with Gasteiger partial charge in [0.15, 0.2) is 0 Å². The van der Waals surface area contributed by atoms with Gasteiger partial charge in [-0.1, -0.05) is 12.1 Å². The van der Waals surface area contributed by atoms with Crippen LogP contribution >= 0.6 is 0 Å². The van der Waals surface area contributed by atoms with Gasteiger partial charge in [-0.05, 0) is 44.5 Å². The molecule has 0 atom stereocenters. The molecule has 0 spiro atoms. The van der Waals surface area contributed by atoms with E-state index in [1.165, 1.54) is 0 Å². The third-order valence-electron chi connectivity index (χ3n) is 4.25. The third-order valence-corrected chi connectivity index (χ3v) is 4.25. The van der Waals surface area contributed by atoms with Crippen LogP contribution in [0.1, 0.15) is 42.6 Å². The van der Waals surface area contributed by atoms with E-state index in [0.717, 1.165) is 35.4 Å². The van der Waals surface area contributed by atoms with Crippen LogP contribution in [-0.2, 0) is 6.42 Å². The molecule has 2 aromatic heterocycles. The van der Waals surface area contributed by atoms with Gasteiger partial charge in [-0.15, -0.1) is 0 Å². The van der Waals surface area contributed by atoms with Crippen LogP contribution in [0.25, 0.3) is 11.0 Å². The monoisotopic (exact) mass is 324 g/mol. The van der Waals surface area contributed by atoms with Gasteiger partial charge in [-0.3, -0.25) is 4.79 Å². The SMILES string of the molecule is CC(C)n1cccc1C(=O)N(C)CCCc1nc2ccccc2[nH]1. The Labute approximate surface area is 142 Å². The van der Waals surface area contributed by atoms with E-state index in [-0.39, 0.29) is 11.9 Å². The van der Waals surface area contributed by atoms with Gasteiger partial charge in [0.05, 0.1) is 11.0 Å². The lowest BCUT2D eigenvalue weighted by atomic mass is 10.2. The molecule has 24 heavy (non-hydrogen) atoms. The predicted octanol–water partition coefficient (Wildman–Crippen LogP) is 3.65. The number of carbonyl (C=O) groups excluding carboxylic acids is 1. The van der Waals surface area contributed by atoms with Crippen molar-refractivity contribution < 1.29 is 4.79 Å². The molecule has 0 radical (unpaired) electrons. The molecule has 0 bridgehead atoms. The van der Waals surface area contributed by atoms with E-state index in [1.54, 1.807) is 4.90 Å². The Morgan fingerprint density at radius 3 is 2.79 bits per heavy atom. The lowest BCUT2D eigenvalue weighted by Gasteiger charge is -2.19. The first-order valence-corrected chi connectivity index (χ1v) is 8.42. The maximum absolute atomic E-state index is 12.6. The van der Waals surface area contributed by atoms with Crippen molar-refractivity contribution in [3.8, 4) is 0 Å². The van der Waals surface area contributed by atoms with Crippen molar-refractivity contribution in [3.05, 3.63) is 54.1 Å². The number of aromatic amines is 1. The molecule has 0 saturated carbocycles. The van der Waals surface area contributed by atoms with Gasteiger partial charge in [-0.2, -0.15) is 0 Å². The molecule has 5 heteroatoms. The van der Waals surface area contributed by atoms with Crippen molar-refractivity contribution in [1.29, 1.82) is 0 Å². The van der Waals surface area contributed by atoms with Crippen molar-refractivity contribution in [3.63, 3.8) is 0 Å². The number of H-pyrrole nitrogens is 1. The largest absolute Gasteiger partial charge is 0.342 e. The highest BCUT2D eigenvalue weighted by atomic mass is 16.2. The minimum atomic E-state index is 0.0679. The minimum Gasteiger partial charge on any atom is -0.342 e. The molecule has 3 aromatic rings. The number of aromatic nitrogens is 3. The Bertz CT molecular complexity index is 798. The topological polar surface area (TPSA) is 53.9 Å². The second-order valence-electron chi connectivity index (χ2n) is 6.43. The van der Waals surface area contributed by atoms with Crippen LogP contribution in [0.3, 0.4) is 0 Å². The number of benzene rings is 1. The van der Waals surface area contributed by atoms with Crippen molar-refractivity contribution in [1.82, 2.24) is 19.4 Å². The molecule has 3 rings (SSSR count). The van der Waals surface area contributed by atoms with E-state index in [2.05, 4.69) is 23.8 Å². The smallest absolute Gasteiger partial charge is 0.270 e. The fourth-order valence-corrected chi connectivity index (χ4v) is 2.93. The van der Waals surface area contributed by atoms with E-state index >= 15 is 0 Å². The zero-order valence-electron chi connectivity index (χ0n) is 14.5. The molecule has 0 saturated heterocycles. The first kappa shape index (κ1) is 16.3. The highest BCUT2D eigenvalue weighted by molar-refractivity contribution is 5.92. The number of aryl methyl sites for hydroxylation is 1. The fraction of sp³-hybridized carbons (Fsp3) is 0.368. The van der Waals surface area contributed by atoms with E-state index in [4.69, 9.17) is 0 Å². The molecule has 2 heterocycles. The average Bonchev–Trinajstić information content (AvgIpc) is 3.20. The molecular formula is C19H24N4O. The Morgan fingerprint density at radius 1 is 1.25 bits per heavy atom. The predicted molar refractivity (Wildman–Crippen MR) is 96.2 cm³/mol. The van der Waals surface area contributed by atoms with Crippen molar-refractivity contribution in [2.45, 2.75) is 32.7 Å². The number of imidazole rings is 1. The van der Waals surface area contributed by atoms with Crippen LogP contribution in [0.2, 0.25) is 0 Å². The summed E-state index contributed by atoms with van der Waals surface area (Å²) >= 11 is 0. The Kier molecular flexibility index (Phi) is 4.69. The van der Waals surface area contributed by atoms with Crippen LogP contribution in [0.15, 0.2) is 42.6 Å². The summed E-state index contributed by atoms with van der Waals surface area (Å²) in [7, 11) is 1.86. The zero-order chi connectivity index (χ0) is 17.1. The van der Waals surface area contributed by atoms with Crippen LogP contribution in [-0.4, -0.2) is 38.9 Å². The van der Waals surface area contributed by atoms with Crippen LogP contribution in [0, 0.1) is 0 Å². The Hall–Kier alpha value is -2.56. The van der Waals surface area contributed by atoms with E-state index in [1.807, 2.05) is 54.2 Å². The maximum Gasteiger partial charge on any atom is 0.270 e. The zero-order valence-corrected chi connectivity index (χ0v) is 14.5. The normalized spacial score (nSPS) is 11.3. The molecule has 1 aromatic carbocycles. The Morgan fingerprint density at radius 2 is 2.04 bits per heavy atom. The van der Waals surface area contributed by atoms with Crippen LogP contribution in [0.5, 0.6) is 0 Å². The second-order valence-corrected chi connectivity index (χ2v) is 6.43. The summed E-state index contributed by atoms with van der Waals surface area (Å²) in [5, 5.41) is 0. The number of nitrogens with zero attached hydrogens (tertiary/aromatic N) is 3. The summed E-state index contributed by atoms with van der Waals surface area (Å²) in [4.78, 5) is 22.3. The number of amides is 1. The molecule has 0 aliphatic rings. The fourth-order valence-electron chi connectivity index (χ4n) is 2.93. The molecule has 5 nitrogen and oxygen atoms in total. The summed E-state index contributed by atoms with van der Waals surface area (Å²) in [5.41, 5.74) is 2.80. The van der Waals surface area contributed by atoms with Crippen LogP contribution in [0.4, 0.5) is 0 Å². The van der Waals surface area contributed by atoms with Gasteiger partial charge in [-0.25, -0.2) is 4.98 Å². The first-order valence-electron chi connectivity index (χ1n) is 8.42. The highest BCUT2D eigenvalue weighted by Crippen LogP contribution is 2.14.